The van der Waals surface area contributed by atoms with E-state index in [0.717, 1.165) is 12.5 Å². The van der Waals surface area contributed by atoms with Crippen LogP contribution in [0.25, 0.3) is 0 Å². The molecule has 1 aromatic rings. The van der Waals surface area contributed by atoms with E-state index in [1.807, 2.05) is 0 Å². The molecule has 2 aliphatic rings. The van der Waals surface area contributed by atoms with Gasteiger partial charge in [0.25, 0.3) is 0 Å². The van der Waals surface area contributed by atoms with Crippen molar-refractivity contribution >= 4 is 0 Å². The maximum atomic E-state index is 3.74. The van der Waals surface area contributed by atoms with Crippen LogP contribution < -0.4 is 5.32 Å². The van der Waals surface area contributed by atoms with Gasteiger partial charge in [0.05, 0.1) is 0 Å². The molecular weight excluding hydrogens is 194 g/mol. The van der Waals surface area contributed by atoms with E-state index in [9.17, 15) is 0 Å². The zero-order valence-electron chi connectivity index (χ0n) is 9.91. The summed E-state index contributed by atoms with van der Waals surface area (Å²) in [7, 11) is 0. The SMILES string of the molecule is c1ccc2c(c1)CCN[C@@H]2C1CCCCC1. The monoisotopic (exact) mass is 215 g/mol. The Kier molecular flexibility index (Phi) is 2.96. The smallest absolute Gasteiger partial charge is 0.0351 e. The number of hydrogen-bond donors (Lipinski definition) is 1. The molecule has 1 heterocycles. The van der Waals surface area contributed by atoms with Crippen molar-refractivity contribution in [3.63, 3.8) is 0 Å². The van der Waals surface area contributed by atoms with Crippen LogP contribution >= 0.6 is 0 Å². The summed E-state index contributed by atoms with van der Waals surface area (Å²) in [5, 5.41) is 3.74. The van der Waals surface area contributed by atoms with Gasteiger partial charge in [-0.05, 0) is 42.9 Å². The number of nitrogens with one attached hydrogen (secondary N) is 1. The Hall–Kier alpha value is -0.820. The van der Waals surface area contributed by atoms with Crippen LogP contribution in [0.3, 0.4) is 0 Å². The minimum absolute atomic E-state index is 0.644. The van der Waals surface area contributed by atoms with Gasteiger partial charge < -0.3 is 5.32 Å². The molecule has 0 unspecified atom stereocenters. The number of benzene rings is 1. The summed E-state index contributed by atoms with van der Waals surface area (Å²) < 4.78 is 0. The fourth-order valence-corrected chi connectivity index (χ4v) is 3.43. The molecule has 0 radical (unpaired) electrons. The topological polar surface area (TPSA) is 12.0 Å². The van der Waals surface area contributed by atoms with Crippen molar-refractivity contribution in [2.75, 3.05) is 6.54 Å². The molecule has 3 rings (SSSR count). The van der Waals surface area contributed by atoms with Gasteiger partial charge in [-0.3, -0.25) is 0 Å². The molecule has 1 nitrogen and oxygen atoms in total. The number of hydrogen-bond acceptors (Lipinski definition) is 1. The molecule has 1 aliphatic heterocycles. The van der Waals surface area contributed by atoms with Gasteiger partial charge in [0.2, 0.25) is 0 Å². The zero-order valence-corrected chi connectivity index (χ0v) is 9.91. The third-order valence-corrected chi connectivity index (χ3v) is 4.27. The molecule has 0 saturated heterocycles. The van der Waals surface area contributed by atoms with Crippen LogP contribution in [0.5, 0.6) is 0 Å². The first-order valence-electron chi connectivity index (χ1n) is 6.76. The van der Waals surface area contributed by atoms with E-state index in [4.69, 9.17) is 0 Å². The Balaban J connectivity index is 1.86. The summed E-state index contributed by atoms with van der Waals surface area (Å²) in [5.74, 6) is 0.884. The van der Waals surface area contributed by atoms with Crippen molar-refractivity contribution in [2.24, 2.45) is 5.92 Å². The average Bonchev–Trinajstić information content (AvgIpc) is 2.39. The molecular formula is C15H21N. The third kappa shape index (κ3) is 1.89. The maximum Gasteiger partial charge on any atom is 0.0351 e. The molecule has 0 spiro atoms. The van der Waals surface area contributed by atoms with Crippen LogP contribution in [0.15, 0.2) is 24.3 Å². The Morgan fingerprint density at radius 2 is 1.81 bits per heavy atom. The van der Waals surface area contributed by atoms with Crippen molar-refractivity contribution < 1.29 is 0 Å². The fourth-order valence-electron chi connectivity index (χ4n) is 3.43. The lowest BCUT2D eigenvalue weighted by molar-refractivity contribution is 0.265. The average molecular weight is 215 g/mol. The fraction of sp³-hybridized carbons (Fsp3) is 0.600. The Morgan fingerprint density at radius 1 is 1.00 bits per heavy atom. The molecule has 1 atom stereocenters. The van der Waals surface area contributed by atoms with Crippen LogP contribution in [-0.2, 0) is 6.42 Å². The highest BCUT2D eigenvalue weighted by atomic mass is 14.9. The van der Waals surface area contributed by atoms with Gasteiger partial charge in [-0.25, -0.2) is 0 Å². The van der Waals surface area contributed by atoms with Gasteiger partial charge in [-0.1, -0.05) is 43.5 Å². The third-order valence-electron chi connectivity index (χ3n) is 4.27. The van der Waals surface area contributed by atoms with Gasteiger partial charge in [-0.15, -0.1) is 0 Å². The largest absolute Gasteiger partial charge is 0.309 e. The maximum absolute atomic E-state index is 3.74. The molecule has 1 aliphatic carbocycles. The highest BCUT2D eigenvalue weighted by molar-refractivity contribution is 5.32. The molecule has 0 aromatic heterocycles. The summed E-state index contributed by atoms with van der Waals surface area (Å²) in [6.45, 7) is 1.16. The molecule has 1 N–H and O–H groups in total. The van der Waals surface area contributed by atoms with Crippen LogP contribution in [-0.4, -0.2) is 6.54 Å². The minimum atomic E-state index is 0.644. The molecule has 1 heteroatoms. The van der Waals surface area contributed by atoms with Crippen LogP contribution in [0.2, 0.25) is 0 Å². The van der Waals surface area contributed by atoms with E-state index >= 15 is 0 Å². The first-order valence-corrected chi connectivity index (χ1v) is 6.76. The quantitative estimate of drug-likeness (QED) is 0.756. The van der Waals surface area contributed by atoms with Crippen molar-refractivity contribution in [1.82, 2.24) is 5.32 Å². The van der Waals surface area contributed by atoms with Crippen LogP contribution in [0.1, 0.15) is 49.3 Å². The molecule has 16 heavy (non-hydrogen) atoms. The highest BCUT2D eigenvalue weighted by Gasteiger charge is 2.28. The summed E-state index contributed by atoms with van der Waals surface area (Å²) in [6, 6.07) is 9.67. The summed E-state index contributed by atoms with van der Waals surface area (Å²) in [6.07, 6.45) is 8.37. The normalized spacial score (nSPS) is 26.4. The van der Waals surface area contributed by atoms with Crippen molar-refractivity contribution in [3.8, 4) is 0 Å². The number of rotatable bonds is 1. The second-order valence-corrected chi connectivity index (χ2v) is 5.28. The van der Waals surface area contributed by atoms with E-state index in [1.54, 1.807) is 11.1 Å². The summed E-state index contributed by atoms with van der Waals surface area (Å²) >= 11 is 0. The van der Waals surface area contributed by atoms with Crippen molar-refractivity contribution in [1.29, 1.82) is 0 Å². The second-order valence-electron chi connectivity index (χ2n) is 5.28. The van der Waals surface area contributed by atoms with E-state index in [-0.39, 0.29) is 0 Å². The van der Waals surface area contributed by atoms with E-state index < -0.39 is 0 Å². The van der Waals surface area contributed by atoms with E-state index in [2.05, 4.69) is 29.6 Å². The lowest BCUT2D eigenvalue weighted by Gasteiger charge is -2.35. The van der Waals surface area contributed by atoms with Crippen LogP contribution in [0, 0.1) is 5.92 Å². The Bertz CT molecular complexity index is 352. The van der Waals surface area contributed by atoms with Gasteiger partial charge in [0.1, 0.15) is 0 Å². The van der Waals surface area contributed by atoms with Crippen molar-refractivity contribution in [3.05, 3.63) is 35.4 Å². The first kappa shape index (κ1) is 10.3. The Labute approximate surface area is 98.3 Å². The summed E-state index contributed by atoms with van der Waals surface area (Å²) in [4.78, 5) is 0. The molecule has 1 fully saturated rings. The predicted octanol–water partition coefficient (Wildman–Crippen LogP) is 3.45. The Morgan fingerprint density at radius 3 is 2.69 bits per heavy atom. The highest BCUT2D eigenvalue weighted by Crippen LogP contribution is 2.37. The zero-order chi connectivity index (χ0) is 10.8. The lowest BCUT2D eigenvalue weighted by atomic mass is 9.78. The molecule has 86 valence electrons. The lowest BCUT2D eigenvalue weighted by Crippen LogP contribution is -2.35. The van der Waals surface area contributed by atoms with Crippen LogP contribution in [0.4, 0.5) is 0 Å². The van der Waals surface area contributed by atoms with Crippen molar-refractivity contribution in [2.45, 2.75) is 44.6 Å². The van der Waals surface area contributed by atoms with Gasteiger partial charge in [0, 0.05) is 6.04 Å². The standard InChI is InChI=1S/C15H21N/c1-2-7-13(8-3-1)15-14-9-5-4-6-12(14)10-11-16-15/h4-6,9,13,15-16H,1-3,7-8,10-11H2/t15-/m1/s1. The predicted molar refractivity (Wildman–Crippen MR) is 67.5 cm³/mol. The number of fused-ring (bicyclic) bond motifs is 1. The second kappa shape index (κ2) is 4.58. The van der Waals surface area contributed by atoms with Gasteiger partial charge >= 0.3 is 0 Å². The van der Waals surface area contributed by atoms with Gasteiger partial charge in [0.15, 0.2) is 0 Å². The molecule has 1 saturated carbocycles. The molecule has 0 amide bonds. The van der Waals surface area contributed by atoms with E-state index in [0.29, 0.717) is 6.04 Å². The first-order chi connectivity index (χ1) is 7.95. The van der Waals surface area contributed by atoms with Gasteiger partial charge in [-0.2, -0.15) is 0 Å². The molecule has 1 aromatic carbocycles. The van der Waals surface area contributed by atoms with E-state index in [1.165, 1.54) is 38.5 Å². The minimum Gasteiger partial charge on any atom is -0.309 e. The summed E-state index contributed by atoms with van der Waals surface area (Å²) in [5.41, 5.74) is 3.16. The molecule has 0 bridgehead atoms.